The van der Waals surface area contributed by atoms with E-state index in [0.29, 0.717) is 36.0 Å². The second-order valence-corrected chi connectivity index (χ2v) is 11.8. The van der Waals surface area contributed by atoms with Crippen molar-refractivity contribution in [1.29, 1.82) is 0 Å². The van der Waals surface area contributed by atoms with Gasteiger partial charge >= 0.3 is 12.0 Å². The Balaban J connectivity index is 1.37. The van der Waals surface area contributed by atoms with Crippen LogP contribution in [0.4, 0.5) is 4.79 Å². The Bertz CT molecular complexity index is 1530. The maximum absolute atomic E-state index is 12.4. The molecule has 1 aliphatic rings. The van der Waals surface area contributed by atoms with E-state index in [0.717, 1.165) is 24.0 Å². The zero-order valence-electron chi connectivity index (χ0n) is 24.2. The van der Waals surface area contributed by atoms with Crippen molar-refractivity contribution < 1.29 is 33.6 Å². The van der Waals surface area contributed by atoms with Gasteiger partial charge in [-0.1, -0.05) is 36.4 Å². The molecule has 232 valence electrons. The molecule has 13 heteroatoms. The van der Waals surface area contributed by atoms with E-state index in [1.807, 2.05) is 49.4 Å². The number of hydrogen-bond donors (Lipinski definition) is 4. The van der Waals surface area contributed by atoms with Gasteiger partial charge in [0.25, 0.3) is 0 Å². The van der Waals surface area contributed by atoms with Gasteiger partial charge in [0.05, 0.1) is 38.7 Å². The third-order valence-corrected chi connectivity index (χ3v) is 7.96. The average Bonchev–Trinajstić information content (AvgIpc) is 3.00. The number of esters is 1. The molecular weight excluding hydrogens is 794 g/mol. The first-order valence-electron chi connectivity index (χ1n) is 13.6. The highest BCUT2D eigenvalue weighted by Gasteiger charge is 2.32. The Morgan fingerprint density at radius 1 is 1.07 bits per heavy atom. The predicted molar refractivity (Wildman–Crippen MR) is 182 cm³/mol. The lowest BCUT2D eigenvalue weighted by Crippen LogP contribution is -2.45. The van der Waals surface area contributed by atoms with E-state index in [4.69, 9.17) is 18.9 Å². The van der Waals surface area contributed by atoms with Crippen molar-refractivity contribution in [3.63, 3.8) is 0 Å². The summed E-state index contributed by atoms with van der Waals surface area (Å²) in [6, 6.07) is 17.7. The number of nitrogens with zero attached hydrogens (tertiary/aromatic N) is 1. The van der Waals surface area contributed by atoms with E-state index in [2.05, 4.69) is 66.3 Å². The molecule has 4 N–H and O–H groups in total. The highest BCUT2D eigenvalue weighted by molar-refractivity contribution is 14.1. The quantitative estimate of drug-likeness (QED) is 0.0622. The fourth-order valence-electron chi connectivity index (χ4n) is 4.34. The zero-order valence-corrected chi connectivity index (χ0v) is 28.5. The standard InChI is InChI=1S/C31H32I2N4O7/c1-4-42-25-14-21(28-27(30(39)41-3)18(2)35-31(40)36-28)10-11-24(25)43-17-26(38)37-34-15-20-12-22(32)29(23(33)13-20)44-16-19-8-6-5-7-9-19/h5-15,26,28,37-38H,4,16-17H2,1-3H3,(H2,35,36,40)/b34-15-/t26-,28-/m0/s1. The molecule has 3 aromatic carbocycles. The molecule has 0 aromatic heterocycles. The van der Waals surface area contributed by atoms with Crippen LogP contribution in [0.25, 0.3) is 0 Å². The number of methoxy groups -OCH3 is 1. The van der Waals surface area contributed by atoms with Crippen LogP contribution in [0.5, 0.6) is 17.2 Å². The SMILES string of the molecule is CCOc1cc([C@@H]2NC(=O)NC(C)=C2C(=O)OC)ccc1OC[C@H](O)N/N=C\c1cc(I)c(OCc2ccccc2)c(I)c1. The smallest absolute Gasteiger partial charge is 0.337 e. The van der Waals surface area contributed by atoms with Gasteiger partial charge in [0.15, 0.2) is 17.7 Å². The summed E-state index contributed by atoms with van der Waals surface area (Å²) in [5, 5.41) is 20.0. The summed E-state index contributed by atoms with van der Waals surface area (Å²) in [6.45, 7) is 4.14. The number of carbonyl (C=O) groups excluding carboxylic acids is 2. The van der Waals surface area contributed by atoms with Crippen molar-refractivity contribution in [3.05, 3.63) is 95.8 Å². The van der Waals surface area contributed by atoms with Gasteiger partial charge in [-0.25, -0.2) is 9.59 Å². The number of rotatable bonds is 13. The number of amides is 2. The number of allylic oxidation sites excluding steroid dienone is 1. The molecule has 1 aliphatic heterocycles. The van der Waals surface area contributed by atoms with Gasteiger partial charge in [0.2, 0.25) is 0 Å². The van der Waals surface area contributed by atoms with Gasteiger partial charge in [-0.2, -0.15) is 5.10 Å². The van der Waals surface area contributed by atoms with Crippen LogP contribution in [0.3, 0.4) is 0 Å². The first-order chi connectivity index (χ1) is 21.2. The van der Waals surface area contributed by atoms with Gasteiger partial charge in [0, 0.05) is 5.70 Å². The van der Waals surface area contributed by atoms with Crippen LogP contribution in [-0.4, -0.2) is 49.9 Å². The lowest BCUT2D eigenvalue weighted by molar-refractivity contribution is -0.136. The lowest BCUT2D eigenvalue weighted by atomic mass is 9.95. The monoisotopic (exact) mass is 826 g/mol. The lowest BCUT2D eigenvalue weighted by Gasteiger charge is -2.28. The molecule has 3 aromatic rings. The van der Waals surface area contributed by atoms with E-state index in [9.17, 15) is 14.7 Å². The normalized spacial score (nSPS) is 15.3. The summed E-state index contributed by atoms with van der Waals surface area (Å²) >= 11 is 4.46. The molecule has 0 unspecified atom stereocenters. The van der Waals surface area contributed by atoms with Crippen LogP contribution < -0.4 is 30.3 Å². The molecule has 0 saturated carbocycles. The molecule has 0 aliphatic carbocycles. The number of urea groups is 1. The molecular formula is C31H32I2N4O7. The molecule has 0 bridgehead atoms. The topological polar surface area (TPSA) is 140 Å². The number of hydrazone groups is 1. The van der Waals surface area contributed by atoms with Crippen molar-refractivity contribution in [3.8, 4) is 17.2 Å². The van der Waals surface area contributed by atoms with Gasteiger partial charge < -0.3 is 34.7 Å². The van der Waals surface area contributed by atoms with Crippen LogP contribution in [0, 0.1) is 7.14 Å². The molecule has 0 fully saturated rings. The van der Waals surface area contributed by atoms with Crippen molar-refractivity contribution in [2.45, 2.75) is 32.7 Å². The molecule has 44 heavy (non-hydrogen) atoms. The third kappa shape index (κ3) is 8.75. The van der Waals surface area contributed by atoms with Crippen LogP contribution in [0.1, 0.15) is 36.6 Å². The second-order valence-electron chi connectivity index (χ2n) is 9.50. The Labute approximate surface area is 282 Å². The van der Waals surface area contributed by atoms with Crippen LogP contribution in [0.2, 0.25) is 0 Å². The largest absolute Gasteiger partial charge is 0.490 e. The summed E-state index contributed by atoms with van der Waals surface area (Å²) in [6.07, 6.45) is 0.490. The molecule has 0 saturated heterocycles. The van der Waals surface area contributed by atoms with E-state index < -0.39 is 24.3 Å². The molecule has 0 spiro atoms. The Morgan fingerprint density at radius 3 is 2.48 bits per heavy atom. The molecule has 4 rings (SSSR count). The fourth-order valence-corrected chi connectivity index (χ4v) is 6.47. The number of nitrogens with one attached hydrogen (secondary N) is 3. The molecule has 2 atom stereocenters. The van der Waals surface area contributed by atoms with Gasteiger partial charge in [-0.15, -0.1) is 0 Å². The van der Waals surface area contributed by atoms with E-state index in [1.54, 1.807) is 31.3 Å². The maximum atomic E-state index is 12.4. The third-order valence-electron chi connectivity index (χ3n) is 6.36. The van der Waals surface area contributed by atoms with Crippen molar-refractivity contribution in [2.24, 2.45) is 5.10 Å². The Morgan fingerprint density at radius 2 is 1.80 bits per heavy atom. The minimum Gasteiger partial charge on any atom is -0.490 e. The molecule has 1 heterocycles. The summed E-state index contributed by atoms with van der Waals surface area (Å²) < 4.78 is 24.4. The van der Waals surface area contributed by atoms with Gasteiger partial charge in [0.1, 0.15) is 19.0 Å². The van der Waals surface area contributed by atoms with Crippen LogP contribution in [0.15, 0.2) is 77.0 Å². The van der Waals surface area contributed by atoms with E-state index in [-0.39, 0.29) is 12.2 Å². The van der Waals surface area contributed by atoms with E-state index in [1.165, 1.54) is 7.11 Å². The first kappa shape index (κ1) is 33.3. The highest BCUT2D eigenvalue weighted by Crippen LogP contribution is 2.35. The summed E-state index contributed by atoms with van der Waals surface area (Å²) in [5.41, 5.74) is 5.86. The Kier molecular flexibility index (Phi) is 12.1. The minimum atomic E-state index is -1.12. The van der Waals surface area contributed by atoms with Crippen molar-refractivity contribution in [1.82, 2.24) is 16.1 Å². The van der Waals surface area contributed by atoms with Gasteiger partial charge in [-0.3, -0.25) is 5.43 Å². The van der Waals surface area contributed by atoms with Crippen LogP contribution >= 0.6 is 45.2 Å². The number of halogens is 2. The molecule has 11 nitrogen and oxygen atoms in total. The highest BCUT2D eigenvalue weighted by atomic mass is 127. The number of hydrogen-bond acceptors (Lipinski definition) is 9. The fraction of sp³-hybridized carbons (Fsp3) is 0.258. The summed E-state index contributed by atoms with van der Waals surface area (Å²) in [5.74, 6) is 0.995. The number of carbonyl (C=O) groups is 2. The number of aliphatic hydroxyl groups is 1. The van der Waals surface area contributed by atoms with Gasteiger partial charge in [-0.05, 0) is 100.0 Å². The Hall–Kier alpha value is -3.57. The maximum Gasteiger partial charge on any atom is 0.337 e. The molecule has 0 radical (unpaired) electrons. The number of ether oxygens (including phenoxy) is 4. The zero-order chi connectivity index (χ0) is 31.6. The van der Waals surface area contributed by atoms with Crippen LogP contribution in [-0.2, 0) is 16.1 Å². The van der Waals surface area contributed by atoms with Crippen molar-refractivity contribution in [2.75, 3.05) is 20.3 Å². The second kappa shape index (κ2) is 15.9. The van der Waals surface area contributed by atoms with Crippen molar-refractivity contribution >= 4 is 63.4 Å². The first-order valence-corrected chi connectivity index (χ1v) is 15.7. The average molecular weight is 826 g/mol. The predicted octanol–water partition coefficient (Wildman–Crippen LogP) is 5.00. The molecule has 2 amide bonds. The number of benzene rings is 3. The van der Waals surface area contributed by atoms with E-state index >= 15 is 0 Å². The summed E-state index contributed by atoms with van der Waals surface area (Å²) in [4.78, 5) is 24.6. The minimum absolute atomic E-state index is 0.130. The summed E-state index contributed by atoms with van der Waals surface area (Å²) in [7, 11) is 1.28. The number of aliphatic hydroxyl groups excluding tert-OH is 1.